The van der Waals surface area contributed by atoms with Crippen molar-refractivity contribution in [2.75, 3.05) is 0 Å². The molecule has 3 aliphatic rings. The van der Waals surface area contributed by atoms with Crippen molar-refractivity contribution in [2.24, 2.45) is 11.8 Å². The topological polar surface area (TPSA) is 58.6 Å². The maximum Gasteiger partial charge on any atom is 0.411 e. The van der Waals surface area contributed by atoms with Gasteiger partial charge in [0.15, 0.2) is 0 Å². The molecule has 136 valence electrons. The number of piperidine rings is 1. The van der Waals surface area contributed by atoms with Gasteiger partial charge in [0.1, 0.15) is 11.6 Å². The van der Waals surface area contributed by atoms with Crippen molar-refractivity contribution in [1.29, 1.82) is 0 Å². The van der Waals surface area contributed by atoms with Gasteiger partial charge in [-0.3, -0.25) is 9.69 Å². The molecule has 2 aliphatic carbocycles. The van der Waals surface area contributed by atoms with Crippen molar-refractivity contribution in [3.8, 4) is 0 Å². The molecule has 5 atom stereocenters. The van der Waals surface area contributed by atoms with E-state index in [-0.39, 0.29) is 30.1 Å². The molecule has 1 heterocycles. The summed E-state index contributed by atoms with van der Waals surface area (Å²) in [5, 5.41) is 3.23. The highest BCUT2D eigenvalue weighted by molar-refractivity contribution is 5.87. The first-order valence-electron chi connectivity index (χ1n) is 9.60. The van der Waals surface area contributed by atoms with E-state index in [9.17, 15) is 9.59 Å². The summed E-state index contributed by atoms with van der Waals surface area (Å²) in [6.07, 6.45) is 7.27. The van der Waals surface area contributed by atoms with Crippen LogP contribution in [0, 0.1) is 11.8 Å². The second kappa shape index (κ2) is 6.57. The van der Waals surface area contributed by atoms with Crippen LogP contribution in [0.5, 0.6) is 0 Å². The number of nitrogens with one attached hydrogen (secondary N) is 1. The van der Waals surface area contributed by atoms with E-state index in [4.69, 9.17) is 4.74 Å². The lowest BCUT2D eigenvalue weighted by Crippen LogP contribution is -2.52. The molecule has 5 nitrogen and oxygen atoms in total. The molecule has 0 unspecified atom stereocenters. The van der Waals surface area contributed by atoms with Crippen LogP contribution in [0.3, 0.4) is 0 Å². The number of fused-ring (bicyclic) bond motifs is 1. The third-order valence-corrected chi connectivity index (χ3v) is 5.72. The Morgan fingerprint density at radius 3 is 2.58 bits per heavy atom. The summed E-state index contributed by atoms with van der Waals surface area (Å²) in [4.78, 5) is 27.0. The largest absolute Gasteiger partial charge is 0.444 e. The molecule has 24 heavy (non-hydrogen) atoms. The Labute approximate surface area is 145 Å². The van der Waals surface area contributed by atoms with Gasteiger partial charge in [0.05, 0.1) is 0 Å². The highest BCUT2D eigenvalue weighted by Gasteiger charge is 2.57. The maximum absolute atomic E-state index is 12.8. The molecule has 5 heteroatoms. The third-order valence-electron chi connectivity index (χ3n) is 5.72. The average Bonchev–Trinajstić information content (AvgIpc) is 3.15. The van der Waals surface area contributed by atoms with Crippen LogP contribution in [-0.4, -0.2) is 40.6 Å². The zero-order valence-corrected chi connectivity index (χ0v) is 15.5. The van der Waals surface area contributed by atoms with Gasteiger partial charge in [0.25, 0.3) is 0 Å². The summed E-state index contributed by atoms with van der Waals surface area (Å²) in [6.45, 7) is 7.83. The Balaban J connectivity index is 1.60. The van der Waals surface area contributed by atoms with Gasteiger partial charge < -0.3 is 10.1 Å². The smallest absolute Gasteiger partial charge is 0.411 e. The minimum atomic E-state index is -0.525. The highest BCUT2D eigenvalue weighted by Crippen LogP contribution is 2.48. The van der Waals surface area contributed by atoms with E-state index in [1.807, 2.05) is 20.8 Å². The fraction of sp³-hybridized carbons (Fsp3) is 0.895. The second-order valence-corrected chi connectivity index (χ2v) is 8.85. The summed E-state index contributed by atoms with van der Waals surface area (Å²) >= 11 is 0. The molecule has 0 spiro atoms. The molecule has 0 radical (unpaired) electrons. The molecule has 1 N–H and O–H groups in total. The Morgan fingerprint density at radius 2 is 1.92 bits per heavy atom. The van der Waals surface area contributed by atoms with Crippen molar-refractivity contribution in [1.82, 2.24) is 10.2 Å². The van der Waals surface area contributed by atoms with Crippen molar-refractivity contribution in [3.05, 3.63) is 0 Å². The summed E-state index contributed by atoms with van der Waals surface area (Å²) in [5.41, 5.74) is -0.525. The van der Waals surface area contributed by atoms with E-state index < -0.39 is 5.60 Å². The zero-order valence-electron chi connectivity index (χ0n) is 15.5. The number of likely N-dealkylation sites (tertiary alicyclic amines) is 1. The number of nitrogens with zero attached hydrogens (tertiary/aromatic N) is 1. The summed E-state index contributed by atoms with van der Waals surface area (Å²) in [5.74, 6) is 1.24. The SMILES string of the molecule is CC[C@H]1CCC[C@H](NC(=O)[C@@H]2C[C@H]3C[C@H]3N2C(=O)OC(C)(C)C)C1. The molecular formula is C19H32N2O3. The lowest BCUT2D eigenvalue weighted by molar-refractivity contribution is -0.127. The lowest BCUT2D eigenvalue weighted by Gasteiger charge is -2.33. The third kappa shape index (κ3) is 3.86. The minimum Gasteiger partial charge on any atom is -0.444 e. The first-order chi connectivity index (χ1) is 11.3. The summed E-state index contributed by atoms with van der Waals surface area (Å²) < 4.78 is 5.53. The number of carbonyl (C=O) groups excluding carboxylic acids is 2. The molecule has 2 amide bonds. The molecule has 0 aromatic carbocycles. The van der Waals surface area contributed by atoms with Crippen molar-refractivity contribution in [2.45, 2.75) is 96.4 Å². The maximum atomic E-state index is 12.8. The fourth-order valence-corrected chi connectivity index (χ4v) is 4.36. The first kappa shape index (κ1) is 17.6. The van der Waals surface area contributed by atoms with Crippen molar-refractivity contribution >= 4 is 12.0 Å². The van der Waals surface area contributed by atoms with Gasteiger partial charge >= 0.3 is 6.09 Å². The Bertz CT molecular complexity index is 499. The molecule has 1 saturated heterocycles. The molecule has 0 aromatic rings. The van der Waals surface area contributed by atoms with Crippen LogP contribution in [0.15, 0.2) is 0 Å². The van der Waals surface area contributed by atoms with Crippen LogP contribution in [0.4, 0.5) is 4.79 Å². The van der Waals surface area contributed by atoms with E-state index in [1.165, 1.54) is 19.3 Å². The van der Waals surface area contributed by atoms with Crippen LogP contribution in [0.2, 0.25) is 0 Å². The first-order valence-corrected chi connectivity index (χ1v) is 9.60. The van der Waals surface area contributed by atoms with Crippen LogP contribution in [-0.2, 0) is 9.53 Å². The van der Waals surface area contributed by atoms with Gasteiger partial charge in [-0.1, -0.05) is 26.2 Å². The number of carbonyl (C=O) groups is 2. The number of hydrogen-bond acceptors (Lipinski definition) is 3. The zero-order chi connectivity index (χ0) is 17.5. The van der Waals surface area contributed by atoms with E-state index in [1.54, 1.807) is 4.90 Å². The normalized spacial score (nSPS) is 35.3. The monoisotopic (exact) mass is 336 g/mol. The van der Waals surface area contributed by atoms with Crippen molar-refractivity contribution < 1.29 is 14.3 Å². The molecular weight excluding hydrogens is 304 g/mol. The molecule has 3 rings (SSSR count). The van der Waals surface area contributed by atoms with Gasteiger partial charge in [-0.2, -0.15) is 0 Å². The number of rotatable bonds is 3. The highest BCUT2D eigenvalue weighted by atomic mass is 16.6. The molecule has 0 bridgehead atoms. The van der Waals surface area contributed by atoms with Gasteiger partial charge in [-0.15, -0.1) is 0 Å². The molecule has 0 aromatic heterocycles. The van der Waals surface area contributed by atoms with E-state index in [2.05, 4.69) is 12.2 Å². The van der Waals surface area contributed by atoms with Crippen molar-refractivity contribution in [3.63, 3.8) is 0 Å². The fourth-order valence-electron chi connectivity index (χ4n) is 4.36. The molecule has 3 fully saturated rings. The summed E-state index contributed by atoms with van der Waals surface area (Å²) in [7, 11) is 0. The average molecular weight is 336 g/mol. The number of amides is 2. The molecule has 2 saturated carbocycles. The van der Waals surface area contributed by atoms with E-state index in [0.717, 1.165) is 31.6 Å². The van der Waals surface area contributed by atoms with E-state index in [0.29, 0.717) is 5.92 Å². The lowest BCUT2D eigenvalue weighted by atomic mass is 9.84. The number of hydrogen-bond donors (Lipinski definition) is 1. The summed E-state index contributed by atoms with van der Waals surface area (Å²) in [6, 6.07) is 0.143. The van der Waals surface area contributed by atoms with E-state index >= 15 is 0 Å². The standard InChI is InChI=1S/C19H32N2O3/c1-5-12-7-6-8-14(9-12)20-17(22)16-11-13-10-15(13)21(16)18(23)24-19(2,3)4/h12-16H,5-11H2,1-4H3,(H,20,22)/t12-,13+,14-,15+,16-/m0/s1. The quantitative estimate of drug-likeness (QED) is 0.858. The molecule has 1 aliphatic heterocycles. The Morgan fingerprint density at radius 1 is 1.17 bits per heavy atom. The van der Waals surface area contributed by atoms with Crippen LogP contribution in [0.1, 0.15) is 72.6 Å². The van der Waals surface area contributed by atoms with Crippen LogP contribution >= 0.6 is 0 Å². The second-order valence-electron chi connectivity index (χ2n) is 8.85. The number of ether oxygens (including phenoxy) is 1. The predicted octanol–water partition coefficient (Wildman–Crippen LogP) is 3.47. The van der Waals surface area contributed by atoms with Gasteiger partial charge in [0.2, 0.25) is 5.91 Å². The van der Waals surface area contributed by atoms with Gasteiger partial charge in [-0.25, -0.2) is 4.79 Å². The predicted molar refractivity (Wildman–Crippen MR) is 92.6 cm³/mol. The van der Waals surface area contributed by atoms with Gasteiger partial charge in [-0.05, 0) is 58.3 Å². The van der Waals surface area contributed by atoms with Crippen LogP contribution < -0.4 is 5.32 Å². The Kier molecular flexibility index (Phi) is 4.80. The minimum absolute atomic E-state index is 0.0230. The van der Waals surface area contributed by atoms with Gasteiger partial charge in [0, 0.05) is 12.1 Å². The Hall–Kier alpha value is -1.26. The van der Waals surface area contributed by atoms with Crippen LogP contribution in [0.25, 0.3) is 0 Å².